The highest BCUT2D eigenvalue weighted by atomic mass is 32.1. The average Bonchev–Trinajstić information content (AvgIpc) is 3.38. The molecular formula is C21H14FNO5S. The van der Waals surface area contributed by atoms with Crippen molar-refractivity contribution >= 4 is 33.3 Å². The van der Waals surface area contributed by atoms with Crippen molar-refractivity contribution in [2.24, 2.45) is 0 Å². The second-order valence-corrected chi connectivity index (χ2v) is 7.03. The Kier molecular flexibility index (Phi) is 5.09. The number of ether oxygens (including phenoxy) is 2. The van der Waals surface area contributed by atoms with Crippen molar-refractivity contribution in [1.82, 2.24) is 4.98 Å². The molecule has 2 aromatic carbocycles. The minimum atomic E-state index is -0.792. The van der Waals surface area contributed by atoms with Crippen LogP contribution in [-0.2, 0) is 4.74 Å². The van der Waals surface area contributed by atoms with Gasteiger partial charge in [0.05, 0.1) is 17.3 Å². The largest absolute Gasteiger partial charge is 0.494 e. The summed E-state index contributed by atoms with van der Waals surface area (Å²) in [6.45, 7) is -0.540. The van der Waals surface area contributed by atoms with Crippen LogP contribution in [0.25, 0.3) is 21.0 Å². The van der Waals surface area contributed by atoms with Gasteiger partial charge in [-0.2, -0.15) is 0 Å². The van der Waals surface area contributed by atoms with E-state index in [0.29, 0.717) is 10.8 Å². The van der Waals surface area contributed by atoms with Crippen LogP contribution in [-0.4, -0.2) is 30.5 Å². The van der Waals surface area contributed by atoms with Crippen LogP contribution in [0.1, 0.15) is 20.9 Å². The normalized spacial score (nSPS) is 10.8. The molecule has 6 nitrogen and oxygen atoms in total. The first-order chi connectivity index (χ1) is 14.0. The number of halogens is 1. The fourth-order valence-electron chi connectivity index (χ4n) is 2.67. The van der Waals surface area contributed by atoms with E-state index in [0.717, 1.165) is 16.3 Å². The van der Waals surface area contributed by atoms with Crippen molar-refractivity contribution in [1.29, 1.82) is 0 Å². The minimum absolute atomic E-state index is 0.0245. The number of ketones is 1. The van der Waals surface area contributed by atoms with Crippen LogP contribution in [0.15, 0.2) is 59.0 Å². The highest BCUT2D eigenvalue weighted by Gasteiger charge is 2.18. The highest BCUT2D eigenvalue weighted by molar-refractivity contribution is 7.21. The first kappa shape index (κ1) is 18.8. The van der Waals surface area contributed by atoms with Gasteiger partial charge < -0.3 is 13.9 Å². The van der Waals surface area contributed by atoms with E-state index in [4.69, 9.17) is 13.9 Å². The first-order valence-electron chi connectivity index (χ1n) is 8.55. The number of fused-ring (bicyclic) bond motifs is 1. The molecule has 0 saturated heterocycles. The monoisotopic (exact) mass is 411 g/mol. The maximum atomic E-state index is 13.7. The van der Waals surface area contributed by atoms with E-state index < -0.39 is 24.2 Å². The van der Waals surface area contributed by atoms with Gasteiger partial charge in [-0.25, -0.2) is 14.2 Å². The third-order valence-electron chi connectivity index (χ3n) is 4.12. The summed E-state index contributed by atoms with van der Waals surface area (Å²) >= 11 is 1.44. The summed E-state index contributed by atoms with van der Waals surface area (Å²) in [5, 5.41) is 0.634. The number of rotatable bonds is 6. The van der Waals surface area contributed by atoms with Gasteiger partial charge >= 0.3 is 5.97 Å². The predicted octanol–water partition coefficient (Wildman–Crippen LogP) is 4.74. The SMILES string of the molecule is COc1ccc(C(=O)COC(=O)c2ccc(-c3nc4ccccc4s3)o2)cc1F. The van der Waals surface area contributed by atoms with Gasteiger partial charge in [0.2, 0.25) is 5.76 Å². The topological polar surface area (TPSA) is 78.6 Å². The summed E-state index contributed by atoms with van der Waals surface area (Å²) in [6, 6.07) is 14.5. The van der Waals surface area contributed by atoms with Gasteiger partial charge in [-0.3, -0.25) is 4.79 Å². The smallest absolute Gasteiger partial charge is 0.374 e. The molecule has 0 atom stereocenters. The van der Waals surface area contributed by atoms with E-state index >= 15 is 0 Å². The summed E-state index contributed by atoms with van der Waals surface area (Å²) in [6.07, 6.45) is 0. The van der Waals surface area contributed by atoms with Gasteiger partial charge in [-0.15, -0.1) is 11.3 Å². The molecular weight excluding hydrogens is 397 g/mol. The van der Waals surface area contributed by atoms with Crippen LogP contribution in [0, 0.1) is 5.82 Å². The fourth-order valence-corrected chi connectivity index (χ4v) is 3.59. The molecule has 0 aliphatic heterocycles. The number of methoxy groups -OCH3 is 1. The number of aromatic nitrogens is 1. The number of nitrogens with zero attached hydrogens (tertiary/aromatic N) is 1. The molecule has 0 aliphatic rings. The lowest BCUT2D eigenvalue weighted by Gasteiger charge is -2.05. The molecule has 0 saturated carbocycles. The molecule has 0 amide bonds. The van der Waals surface area contributed by atoms with Gasteiger partial charge in [0.1, 0.15) is 0 Å². The zero-order chi connectivity index (χ0) is 20.4. The van der Waals surface area contributed by atoms with Crippen molar-refractivity contribution in [3.8, 4) is 16.5 Å². The summed E-state index contributed by atoms with van der Waals surface area (Å²) < 4.78 is 30.0. The molecule has 0 spiro atoms. The molecule has 0 N–H and O–H groups in total. The summed E-state index contributed by atoms with van der Waals surface area (Å²) in [5.41, 5.74) is 0.913. The molecule has 146 valence electrons. The molecule has 0 unspecified atom stereocenters. The average molecular weight is 411 g/mol. The maximum absolute atomic E-state index is 13.7. The number of Topliss-reactive ketones (excluding diaryl/α,β-unsaturated/α-hetero) is 1. The number of hydrogen-bond donors (Lipinski definition) is 0. The quantitative estimate of drug-likeness (QED) is 0.337. The Morgan fingerprint density at radius 2 is 1.97 bits per heavy atom. The zero-order valence-electron chi connectivity index (χ0n) is 15.2. The summed E-state index contributed by atoms with van der Waals surface area (Å²) in [7, 11) is 1.33. The van der Waals surface area contributed by atoms with Crippen LogP contribution in [0.3, 0.4) is 0 Å². The molecule has 0 fully saturated rings. The van der Waals surface area contributed by atoms with Crippen LogP contribution < -0.4 is 4.74 Å². The van der Waals surface area contributed by atoms with Crippen LogP contribution in [0.5, 0.6) is 5.75 Å². The number of para-hydroxylation sites is 1. The maximum Gasteiger partial charge on any atom is 0.374 e. The Morgan fingerprint density at radius 1 is 1.14 bits per heavy atom. The standard InChI is InChI=1S/C21H14FNO5S/c1-26-16-7-6-12(10-13(16)22)15(24)11-27-21(25)18-9-8-17(28-18)20-23-14-4-2-3-5-19(14)29-20/h2-10H,11H2,1H3. The molecule has 8 heteroatoms. The third kappa shape index (κ3) is 3.88. The number of carbonyl (C=O) groups excluding carboxylic acids is 2. The molecule has 4 aromatic rings. The lowest BCUT2D eigenvalue weighted by molar-refractivity contribution is 0.0445. The minimum Gasteiger partial charge on any atom is -0.494 e. The number of furan rings is 1. The van der Waals surface area contributed by atoms with E-state index in [1.54, 1.807) is 6.07 Å². The van der Waals surface area contributed by atoms with E-state index in [1.807, 2.05) is 24.3 Å². The van der Waals surface area contributed by atoms with Gasteiger partial charge in [-0.05, 0) is 42.5 Å². The zero-order valence-corrected chi connectivity index (χ0v) is 16.0. The lowest BCUT2D eigenvalue weighted by Crippen LogP contribution is -2.14. The Labute approximate surface area is 168 Å². The molecule has 2 aromatic heterocycles. The highest BCUT2D eigenvalue weighted by Crippen LogP contribution is 2.31. The first-order valence-corrected chi connectivity index (χ1v) is 9.36. The Bertz CT molecular complexity index is 1180. The second-order valence-electron chi connectivity index (χ2n) is 6.00. The molecule has 4 rings (SSSR count). The van der Waals surface area contributed by atoms with Gasteiger partial charge in [-0.1, -0.05) is 12.1 Å². The van der Waals surface area contributed by atoms with Crippen molar-refractivity contribution in [3.63, 3.8) is 0 Å². The van der Waals surface area contributed by atoms with Crippen molar-refractivity contribution in [2.45, 2.75) is 0 Å². The molecule has 29 heavy (non-hydrogen) atoms. The van der Waals surface area contributed by atoms with E-state index in [9.17, 15) is 14.0 Å². The molecule has 0 aliphatic carbocycles. The summed E-state index contributed by atoms with van der Waals surface area (Å²) in [5.74, 6) is -1.60. The predicted molar refractivity (Wildman–Crippen MR) is 105 cm³/mol. The Morgan fingerprint density at radius 3 is 2.72 bits per heavy atom. The lowest BCUT2D eigenvalue weighted by atomic mass is 10.1. The number of hydrogen-bond acceptors (Lipinski definition) is 7. The van der Waals surface area contributed by atoms with Crippen molar-refractivity contribution < 1.29 is 27.9 Å². The number of carbonyl (C=O) groups is 2. The fraction of sp³-hybridized carbons (Fsp3) is 0.0952. The van der Waals surface area contributed by atoms with Crippen molar-refractivity contribution in [3.05, 3.63) is 71.7 Å². The number of esters is 1. The van der Waals surface area contributed by atoms with Gasteiger partial charge in [0, 0.05) is 5.56 Å². The van der Waals surface area contributed by atoms with Crippen molar-refractivity contribution in [2.75, 3.05) is 13.7 Å². The Balaban J connectivity index is 1.42. The van der Waals surface area contributed by atoms with Crippen LogP contribution >= 0.6 is 11.3 Å². The molecule has 0 bridgehead atoms. The number of benzene rings is 2. The van der Waals surface area contributed by atoms with Gasteiger partial charge in [0.15, 0.2) is 34.7 Å². The van der Waals surface area contributed by atoms with Gasteiger partial charge in [0.25, 0.3) is 0 Å². The van der Waals surface area contributed by atoms with E-state index in [2.05, 4.69) is 4.98 Å². The van der Waals surface area contributed by atoms with E-state index in [1.165, 1.54) is 36.6 Å². The second kappa shape index (κ2) is 7.84. The Hall–Kier alpha value is -3.52. The van der Waals surface area contributed by atoms with Crippen LogP contribution in [0.4, 0.5) is 4.39 Å². The molecule has 2 heterocycles. The number of thiazole rings is 1. The van der Waals surface area contributed by atoms with E-state index in [-0.39, 0.29) is 17.1 Å². The third-order valence-corrected chi connectivity index (χ3v) is 5.17. The van der Waals surface area contributed by atoms with Crippen LogP contribution in [0.2, 0.25) is 0 Å². The summed E-state index contributed by atoms with van der Waals surface area (Å²) in [4.78, 5) is 28.8. The molecule has 0 radical (unpaired) electrons.